The SMILES string of the molecule is CCCC(OC(=O)C(CCCO)OC(=O)c1ccccc1)C(OC(=O)c1ccccc1)C(CO)OC(=O)c1ccccc1. The van der Waals surface area contributed by atoms with Crippen molar-refractivity contribution in [3.63, 3.8) is 0 Å². The third-order valence-electron chi connectivity index (χ3n) is 6.42. The van der Waals surface area contributed by atoms with E-state index in [1.54, 1.807) is 61.5 Å². The summed E-state index contributed by atoms with van der Waals surface area (Å²) in [6, 6.07) is 24.2. The van der Waals surface area contributed by atoms with Crippen molar-refractivity contribution in [2.24, 2.45) is 0 Å². The second-order valence-corrected chi connectivity index (χ2v) is 9.62. The van der Waals surface area contributed by atoms with Gasteiger partial charge in [0.25, 0.3) is 0 Å². The molecule has 0 saturated carbocycles. The standard InChI is InChI=1S/C33H36O10/c1-2-13-26(40-33(39)27(20-12-21-34)41-30(36)23-14-6-3-7-15-23)29(43-32(38)25-18-10-5-11-19-25)28(22-35)42-31(37)24-16-8-4-9-17-24/h3-11,14-19,26-29,34-35H,2,12-13,20-22H2,1H3. The molecule has 3 rings (SSSR count). The first-order chi connectivity index (χ1) is 20.9. The summed E-state index contributed by atoms with van der Waals surface area (Å²) < 4.78 is 22.5. The van der Waals surface area contributed by atoms with Crippen LogP contribution in [0.2, 0.25) is 0 Å². The Bertz CT molecular complexity index is 1300. The highest BCUT2D eigenvalue weighted by atomic mass is 16.6. The van der Waals surface area contributed by atoms with Crippen LogP contribution >= 0.6 is 0 Å². The summed E-state index contributed by atoms with van der Waals surface area (Å²) in [6.07, 6.45) is -4.70. The number of hydrogen-bond donors (Lipinski definition) is 2. The summed E-state index contributed by atoms with van der Waals surface area (Å²) in [5, 5.41) is 19.7. The van der Waals surface area contributed by atoms with Crippen LogP contribution < -0.4 is 0 Å². The van der Waals surface area contributed by atoms with Gasteiger partial charge in [-0.2, -0.15) is 0 Å². The molecule has 10 nitrogen and oxygen atoms in total. The molecule has 4 unspecified atom stereocenters. The second kappa shape index (κ2) is 17.4. The number of aliphatic hydroxyl groups excluding tert-OH is 2. The van der Waals surface area contributed by atoms with Crippen molar-refractivity contribution in [2.75, 3.05) is 13.2 Å². The number of carbonyl (C=O) groups is 4. The molecule has 228 valence electrons. The van der Waals surface area contributed by atoms with E-state index >= 15 is 0 Å². The molecule has 0 aliphatic rings. The van der Waals surface area contributed by atoms with E-state index in [0.29, 0.717) is 6.42 Å². The van der Waals surface area contributed by atoms with E-state index in [2.05, 4.69) is 0 Å². The van der Waals surface area contributed by atoms with Crippen LogP contribution in [0.4, 0.5) is 0 Å². The van der Waals surface area contributed by atoms with Gasteiger partial charge in [-0.05, 0) is 55.7 Å². The van der Waals surface area contributed by atoms with Crippen molar-refractivity contribution in [3.8, 4) is 0 Å². The summed E-state index contributed by atoms with van der Waals surface area (Å²) in [7, 11) is 0. The van der Waals surface area contributed by atoms with Crippen molar-refractivity contribution in [1.29, 1.82) is 0 Å². The lowest BCUT2D eigenvalue weighted by atomic mass is 10.0. The van der Waals surface area contributed by atoms with Gasteiger partial charge in [0.05, 0.1) is 23.3 Å². The minimum atomic E-state index is -1.42. The van der Waals surface area contributed by atoms with Crippen molar-refractivity contribution in [2.45, 2.75) is 57.0 Å². The minimum Gasteiger partial charge on any atom is -0.456 e. The fraction of sp³-hybridized carbons (Fsp3) is 0.333. The van der Waals surface area contributed by atoms with Crippen molar-refractivity contribution in [1.82, 2.24) is 0 Å². The summed E-state index contributed by atoms with van der Waals surface area (Å²) in [5.41, 5.74) is 0.616. The Morgan fingerprint density at radius 3 is 1.51 bits per heavy atom. The smallest absolute Gasteiger partial charge is 0.347 e. The highest BCUT2D eigenvalue weighted by molar-refractivity contribution is 5.92. The summed E-state index contributed by atoms with van der Waals surface area (Å²) >= 11 is 0. The molecule has 10 heteroatoms. The molecule has 0 aliphatic carbocycles. The molecule has 0 fully saturated rings. The van der Waals surface area contributed by atoms with Crippen molar-refractivity contribution < 1.29 is 48.3 Å². The fourth-order valence-electron chi connectivity index (χ4n) is 4.22. The molecule has 43 heavy (non-hydrogen) atoms. The predicted octanol–water partition coefficient (Wildman–Crippen LogP) is 4.14. The van der Waals surface area contributed by atoms with Crippen LogP contribution in [0.3, 0.4) is 0 Å². The van der Waals surface area contributed by atoms with Crippen LogP contribution in [0.25, 0.3) is 0 Å². The zero-order valence-corrected chi connectivity index (χ0v) is 23.9. The van der Waals surface area contributed by atoms with Crippen LogP contribution in [-0.2, 0) is 23.7 Å². The molecule has 0 aromatic heterocycles. The monoisotopic (exact) mass is 592 g/mol. The van der Waals surface area contributed by atoms with E-state index in [0.717, 1.165) is 0 Å². The zero-order chi connectivity index (χ0) is 31.0. The quantitative estimate of drug-likeness (QED) is 0.184. The third kappa shape index (κ3) is 10.1. The topological polar surface area (TPSA) is 146 Å². The van der Waals surface area contributed by atoms with Crippen molar-refractivity contribution in [3.05, 3.63) is 108 Å². The molecule has 4 atom stereocenters. The molecule has 3 aromatic rings. The lowest BCUT2D eigenvalue weighted by Gasteiger charge is -2.32. The normalized spacial score (nSPS) is 13.6. The summed E-state index contributed by atoms with van der Waals surface area (Å²) in [5.74, 6) is -3.27. The Morgan fingerprint density at radius 1 is 0.605 bits per heavy atom. The number of esters is 4. The van der Waals surface area contributed by atoms with E-state index in [-0.39, 0.29) is 42.6 Å². The molecule has 0 saturated heterocycles. The van der Waals surface area contributed by atoms with E-state index in [1.165, 1.54) is 36.4 Å². The van der Waals surface area contributed by atoms with Gasteiger partial charge in [-0.25, -0.2) is 19.2 Å². The zero-order valence-electron chi connectivity index (χ0n) is 23.9. The molecule has 0 spiro atoms. The van der Waals surface area contributed by atoms with Crippen LogP contribution in [0.15, 0.2) is 91.0 Å². The van der Waals surface area contributed by atoms with Gasteiger partial charge in [-0.3, -0.25) is 0 Å². The van der Waals surface area contributed by atoms with Crippen molar-refractivity contribution >= 4 is 23.9 Å². The lowest BCUT2D eigenvalue weighted by Crippen LogP contribution is -2.48. The van der Waals surface area contributed by atoms with Crippen LogP contribution in [0.5, 0.6) is 0 Å². The molecule has 0 amide bonds. The molecular weight excluding hydrogens is 556 g/mol. The van der Waals surface area contributed by atoms with Gasteiger partial charge in [0, 0.05) is 6.61 Å². The van der Waals surface area contributed by atoms with Gasteiger partial charge in [0.2, 0.25) is 0 Å². The number of carbonyl (C=O) groups excluding carboxylic acids is 4. The van der Waals surface area contributed by atoms with E-state index in [1.807, 2.05) is 0 Å². The maximum absolute atomic E-state index is 13.4. The molecule has 0 heterocycles. The maximum Gasteiger partial charge on any atom is 0.347 e. The van der Waals surface area contributed by atoms with Gasteiger partial charge >= 0.3 is 23.9 Å². The number of aliphatic hydroxyl groups is 2. The van der Waals surface area contributed by atoms with E-state index < -0.39 is 54.9 Å². The first-order valence-electron chi connectivity index (χ1n) is 14.1. The Hall–Kier alpha value is -4.54. The first-order valence-corrected chi connectivity index (χ1v) is 14.1. The van der Waals surface area contributed by atoms with Crippen LogP contribution in [-0.4, -0.2) is 71.7 Å². The molecule has 0 radical (unpaired) electrons. The Morgan fingerprint density at radius 2 is 1.07 bits per heavy atom. The van der Waals surface area contributed by atoms with E-state index in [9.17, 15) is 29.4 Å². The molecule has 2 N–H and O–H groups in total. The van der Waals surface area contributed by atoms with Gasteiger partial charge in [0.1, 0.15) is 6.10 Å². The summed E-state index contributed by atoms with van der Waals surface area (Å²) in [6.45, 7) is 0.796. The van der Waals surface area contributed by atoms with Gasteiger partial charge in [0.15, 0.2) is 18.3 Å². The van der Waals surface area contributed by atoms with Crippen LogP contribution in [0.1, 0.15) is 63.7 Å². The molecular formula is C33H36O10. The second-order valence-electron chi connectivity index (χ2n) is 9.62. The van der Waals surface area contributed by atoms with Gasteiger partial charge < -0.3 is 29.2 Å². The number of hydrogen-bond acceptors (Lipinski definition) is 10. The number of rotatable bonds is 16. The predicted molar refractivity (Wildman–Crippen MR) is 155 cm³/mol. The molecule has 0 bridgehead atoms. The highest BCUT2D eigenvalue weighted by Crippen LogP contribution is 2.22. The first kappa shape index (κ1) is 33.0. The fourth-order valence-corrected chi connectivity index (χ4v) is 4.22. The van der Waals surface area contributed by atoms with E-state index in [4.69, 9.17) is 18.9 Å². The average molecular weight is 593 g/mol. The van der Waals surface area contributed by atoms with Gasteiger partial charge in [-0.15, -0.1) is 0 Å². The number of benzene rings is 3. The molecule has 0 aliphatic heterocycles. The largest absolute Gasteiger partial charge is 0.456 e. The Kier molecular flexibility index (Phi) is 13.4. The molecule has 3 aromatic carbocycles. The highest BCUT2D eigenvalue weighted by Gasteiger charge is 2.39. The average Bonchev–Trinajstić information content (AvgIpc) is 3.05. The van der Waals surface area contributed by atoms with Gasteiger partial charge in [-0.1, -0.05) is 67.9 Å². The summed E-state index contributed by atoms with van der Waals surface area (Å²) in [4.78, 5) is 52.2. The lowest BCUT2D eigenvalue weighted by molar-refractivity contribution is -0.172. The minimum absolute atomic E-state index is 0.0341. The third-order valence-corrected chi connectivity index (χ3v) is 6.42. The number of ether oxygens (including phenoxy) is 4. The van der Waals surface area contributed by atoms with Crippen LogP contribution in [0, 0.1) is 0 Å². The Labute approximate surface area is 250 Å². The maximum atomic E-state index is 13.4. The Balaban J connectivity index is 1.89.